The molecule has 3 rings (SSSR count). The largest absolute Gasteiger partial charge is 0.419 e. The molecule has 0 aliphatic rings. The molecule has 25 heavy (non-hydrogen) atoms. The summed E-state index contributed by atoms with van der Waals surface area (Å²) in [6, 6.07) is 11.0. The SMILES string of the molecule is O=S(=O)(Cc1ccc(F)cc1)NCc1nnc(-c2ccccc2F)o1. The first kappa shape index (κ1) is 17.2. The molecule has 0 aliphatic carbocycles. The van der Waals surface area contributed by atoms with Crippen molar-refractivity contribution in [1.29, 1.82) is 0 Å². The van der Waals surface area contributed by atoms with Crippen LogP contribution in [0.3, 0.4) is 0 Å². The van der Waals surface area contributed by atoms with Crippen LogP contribution in [0.5, 0.6) is 0 Å². The summed E-state index contributed by atoms with van der Waals surface area (Å²) in [7, 11) is -3.68. The molecule has 0 saturated carbocycles. The number of rotatable bonds is 6. The fourth-order valence-corrected chi connectivity index (χ4v) is 3.17. The predicted octanol–water partition coefficient (Wildman–Crippen LogP) is 2.63. The maximum atomic E-state index is 13.7. The molecule has 6 nitrogen and oxygen atoms in total. The Morgan fingerprint density at radius 1 is 1.00 bits per heavy atom. The van der Waals surface area contributed by atoms with Crippen molar-refractivity contribution in [2.24, 2.45) is 0 Å². The van der Waals surface area contributed by atoms with E-state index in [2.05, 4.69) is 14.9 Å². The Morgan fingerprint density at radius 3 is 2.44 bits per heavy atom. The van der Waals surface area contributed by atoms with Crippen LogP contribution < -0.4 is 4.72 Å². The number of halogens is 2. The molecule has 3 aromatic rings. The highest BCUT2D eigenvalue weighted by Gasteiger charge is 2.16. The Morgan fingerprint density at radius 2 is 1.72 bits per heavy atom. The zero-order valence-electron chi connectivity index (χ0n) is 12.8. The van der Waals surface area contributed by atoms with Gasteiger partial charge in [0.05, 0.1) is 17.9 Å². The second-order valence-electron chi connectivity index (χ2n) is 5.19. The number of hydrogen-bond donors (Lipinski definition) is 1. The highest BCUT2D eigenvalue weighted by atomic mass is 32.2. The third-order valence-corrected chi connectivity index (χ3v) is 4.58. The van der Waals surface area contributed by atoms with Gasteiger partial charge in [0.25, 0.3) is 5.89 Å². The topological polar surface area (TPSA) is 85.1 Å². The molecule has 0 saturated heterocycles. The number of nitrogens with one attached hydrogen (secondary N) is 1. The van der Waals surface area contributed by atoms with Crippen LogP contribution in [-0.4, -0.2) is 18.6 Å². The zero-order chi connectivity index (χ0) is 17.9. The summed E-state index contributed by atoms with van der Waals surface area (Å²) in [5.41, 5.74) is 0.571. The molecule has 1 aromatic heterocycles. The van der Waals surface area contributed by atoms with Gasteiger partial charge < -0.3 is 4.42 Å². The van der Waals surface area contributed by atoms with E-state index in [0.29, 0.717) is 5.56 Å². The summed E-state index contributed by atoms with van der Waals surface area (Å²) >= 11 is 0. The van der Waals surface area contributed by atoms with E-state index in [1.165, 1.54) is 42.5 Å². The maximum absolute atomic E-state index is 13.7. The van der Waals surface area contributed by atoms with Crippen molar-refractivity contribution in [3.63, 3.8) is 0 Å². The molecule has 0 atom stereocenters. The maximum Gasteiger partial charge on any atom is 0.250 e. The summed E-state index contributed by atoms with van der Waals surface area (Å²) in [6.07, 6.45) is 0. The average Bonchev–Trinajstić information content (AvgIpc) is 3.04. The average molecular weight is 365 g/mol. The standard InChI is InChI=1S/C16H13F2N3O3S/c17-12-7-5-11(6-8-12)10-25(22,23)19-9-15-20-21-16(24-15)13-3-1-2-4-14(13)18/h1-8,19H,9-10H2. The normalized spacial score (nSPS) is 11.6. The van der Waals surface area contributed by atoms with Gasteiger partial charge in [-0.15, -0.1) is 10.2 Å². The quantitative estimate of drug-likeness (QED) is 0.726. The first-order valence-corrected chi connectivity index (χ1v) is 8.87. The van der Waals surface area contributed by atoms with Gasteiger partial charge in [0.15, 0.2) is 0 Å². The molecule has 2 aromatic carbocycles. The molecule has 1 N–H and O–H groups in total. The summed E-state index contributed by atoms with van der Waals surface area (Å²) in [5, 5.41) is 7.40. The lowest BCUT2D eigenvalue weighted by atomic mass is 10.2. The van der Waals surface area contributed by atoms with Gasteiger partial charge in [-0.25, -0.2) is 21.9 Å². The number of nitrogens with zero attached hydrogens (tertiary/aromatic N) is 2. The van der Waals surface area contributed by atoms with Gasteiger partial charge in [0.2, 0.25) is 15.9 Å². The van der Waals surface area contributed by atoms with Crippen molar-refractivity contribution < 1.29 is 21.6 Å². The Hall–Kier alpha value is -2.65. The van der Waals surface area contributed by atoms with Crippen LogP contribution in [0.15, 0.2) is 52.9 Å². The van der Waals surface area contributed by atoms with Gasteiger partial charge in [-0.1, -0.05) is 24.3 Å². The number of hydrogen-bond acceptors (Lipinski definition) is 5. The van der Waals surface area contributed by atoms with Crippen LogP contribution in [0, 0.1) is 11.6 Å². The first-order valence-electron chi connectivity index (χ1n) is 7.22. The molecular formula is C16H13F2N3O3S. The first-order chi connectivity index (χ1) is 11.9. The Kier molecular flexibility index (Phi) is 4.86. The van der Waals surface area contributed by atoms with E-state index in [-0.39, 0.29) is 29.6 Å². The van der Waals surface area contributed by atoms with Crippen molar-refractivity contribution in [3.8, 4) is 11.5 Å². The molecule has 0 fully saturated rings. The molecule has 0 radical (unpaired) electrons. The van der Waals surface area contributed by atoms with Crippen LogP contribution in [0.4, 0.5) is 8.78 Å². The third-order valence-electron chi connectivity index (χ3n) is 3.28. The Labute approximate surface area is 142 Å². The molecule has 0 aliphatic heterocycles. The highest BCUT2D eigenvalue weighted by Crippen LogP contribution is 2.20. The molecule has 0 bridgehead atoms. The lowest BCUT2D eigenvalue weighted by Gasteiger charge is -2.04. The summed E-state index contributed by atoms with van der Waals surface area (Å²) in [5.74, 6) is -1.32. The zero-order valence-corrected chi connectivity index (χ0v) is 13.6. The van der Waals surface area contributed by atoms with Gasteiger partial charge in [0.1, 0.15) is 11.6 Å². The van der Waals surface area contributed by atoms with E-state index in [1.807, 2.05) is 0 Å². The summed E-state index contributed by atoms with van der Waals surface area (Å²) in [6.45, 7) is -0.231. The third kappa shape index (κ3) is 4.46. The number of sulfonamides is 1. The molecule has 9 heteroatoms. The molecule has 1 heterocycles. The molecular weight excluding hydrogens is 352 g/mol. The second-order valence-corrected chi connectivity index (χ2v) is 6.99. The minimum absolute atomic E-state index is 0.000865. The van der Waals surface area contributed by atoms with Crippen molar-refractivity contribution in [2.75, 3.05) is 0 Å². The lowest BCUT2D eigenvalue weighted by molar-refractivity contribution is 0.490. The minimum atomic E-state index is -3.68. The molecule has 130 valence electrons. The van der Waals surface area contributed by atoms with E-state index in [0.717, 1.165) is 0 Å². The highest BCUT2D eigenvalue weighted by molar-refractivity contribution is 7.88. The Balaban J connectivity index is 1.65. The van der Waals surface area contributed by atoms with Crippen LogP contribution in [0.2, 0.25) is 0 Å². The summed E-state index contributed by atoms with van der Waals surface area (Å²) < 4.78 is 58.2. The molecule has 0 spiro atoms. The number of aromatic nitrogens is 2. The van der Waals surface area contributed by atoms with E-state index in [9.17, 15) is 17.2 Å². The van der Waals surface area contributed by atoms with Crippen LogP contribution >= 0.6 is 0 Å². The second kappa shape index (κ2) is 7.08. The molecule has 0 unspecified atom stereocenters. The fourth-order valence-electron chi connectivity index (χ4n) is 2.09. The van der Waals surface area contributed by atoms with E-state index in [4.69, 9.17) is 4.42 Å². The van der Waals surface area contributed by atoms with Gasteiger partial charge in [0, 0.05) is 0 Å². The van der Waals surface area contributed by atoms with Crippen LogP contribution in [0.25, 0.3) is 11.5 Å². The summed E-state index contributed by atoms with van der Waals surface area (Å²) in [4.78, 5) is 0. The van der Waals surface area contributed by atoms with Crippen molar-refractivity contribution in [2.45, 2.75) is 12.3 Å². The predicted molar refractivity (Wildman–Crippen MR) is 85.6 cm³/mol. The van der Waals surface area contributed by atoms with Gasteiger partial charge in [-0.05, 0) is 29.8 Å². The van der Waals surface area contributed by atoms with Gasteiger partial charge in [-0.2, -0.15) is 0 Å². The van der Waals surface area contributed by atoms with Crippen molar-refractivity contribution in [1.82, 2.24) is 14.9 Å². The van der Waals surface area contributed by atoms with Crippen molar-refractivity contribution >= 4 is 10.0 Å². The molecule has 0 amide bonds. The van der Waals surface area contributed by atoms with Crippen LogP contribution in [0.1, 0.15) is 11.5 Å². The van der Waals surface area contributed by atoms with Gasteiger partial charge in [-0.3, -0.25) is 0 Å². The Bertz CT molecular complexity index is 972. The van der Waals surface area contributed by atoms with E-state index >= 15 is 0 Å². The fraction of sp³-hybridized carbons (Fsp3) is 0.125. The van der Waals surface area contributed by atoms with E-state index < -0.39 is 21.7 Å². The van der Waals surface area contributed by atoms with Gasteiger partial charge >= 0.3 is 0 Å². The smallest absolute Gasteiger partial charge is 0.250 e. The van der Waals surface area contributed by atoms with Crippen molar-refractivity contribution in [3.05, 3.63) is 71.6 Å². The number of benzene rings is 2. The van der Waals surface area contributed by atoms with Crippen LogP contribution in [-0.2, 0) is 22.3 Å². The minimum Gasteiger partial charge on any atom is -0.419 e. The monoisotopic (exact) mass is 365 g/mol. The van der Waals surface area contributed by atoms with E-state index in [1.54, 1.807) is 6.07 Å². The lowest BCUT2D eigenvalue weighted by Crippen LogP contribution is -2.24.